The maximum atomic E-state index is 12.4. The van der Waals surface area contributed by atoms with Crippen molar-refractivity contribution in [2.75, 3.05) is 12.4 Å². The smallest absolute Gasteiger partial charge is 0.306 e. The van der Waals surface area contributed by atoms with Crippen molar-refractivity contribution in [3.63, 3.8) is 0 Å². The Morgan fingerprint density at radius 3 is 2.74 bits per heavy atom. The van der Waals surface area contributed by atoms with Crippen LogP contribution in [0.3, 0.4) is 0 Å². The van der Waals surface area contributed by atoms with Crippen LogP contribution < -0.4 is 25.5 Å². The summed E-state index contributed by atoms with van der Waals surface area (Å²) in [6.45, 7) is 0. The van der Waals surface area contributed by atoms with Crippen LogP contribution in [0.4, 0.5) is 11.5 Å². The van der Waals surface area contributed by atoms with Crippen LogP contribution in [0.5, 0.6) is 5.75 Å². The number of aromatic nitrogens is 1. The summed E-state index contributed by atoms with van der Waals surface area (Å²) in [5, 5.41) is 4.56. The van der Waals surface area contributed by atoms with E-state index in [9.17, 15) is 9.59 Å². The molecule has 1 amide bonds. The van der Waals surface area contributed by atoms with Gasteiger partial charge in [-0.3, -0.25) is 14.6 Å². The number of H-pyrrole nitrogens is 1. The molecule has 27 heavy (non-hydrogen) atoms. The van der Waals surface area contributed by atoms with Gasteiger partial charge in [-0.05, 0) is 42.5 Å². The van der Waals surface area contributed by atoms with Gasteiger partial charge < -0.3 is 10.1 Å². The van der Waals surface area contributed by atoms with Crippen LogP contribution in [0.1, 0.15) is 4.88 Å². The molecule has 0 aliphatic carbocycles. The number of anilines is 2. The number of nitrogens with zero attached hydrogens (tertiary/aromatic N) is 1. The number of ether oxygens (including phenoxy) is 1. The zero-order valence-corrected chi connectivity index (χ0v) is 15.2. The number of methoxy groups -OCH3 is 1. The van der Waals surface area contributed by atoms with Crippen molar-refractivity contribution >= 4 is 40.9 Å². The number of fused-ring (bicyclic) bond motifs is 1. The molecule has 2 heterocycles. The number of nitrogens with one attached hydrogen (secondary N) is 2. The Bertz CT molecular complexity index is 1220. The fraction of sp³-hybridized carbons (Fsp3) is 0.0500. The molecule has 0 spiro atoms. The quantitative estimate of drug-likeness (QED) is 0.683. The first-order valence-electron chi connectivity index (χ1n) is 8.18. The van der Waals surface area contributed by atoms with E-state index in [4.69, 9.17) is 4.74 Å². The third kappa shape index (κ3) is 3.58. The van der Waals surface area contributed by atoms with Gasteiger partial charge in [-0.1, -0.05) is 29.5 Å². The zero-order chi connectivity index (χ0) is 18.8. The highest BCUT2D eigenvalue weighted by atomic mass is 32.1. The molecule has 1 aliphatic rings. The maximum Gasteiger partial charge on any atom is 0.306 e. The van der Waals surface area contributed by atoms with Crippen LogP contribution in [-0.4, -0.2) is 18.0 Å². The standard InChI is InChI=1S/C20H15N3O3S/c1-26-15-7-8-16-12(10-15)9-13(19(24)22-16)11-17-18(23-20(25)27-17)21-14-5-3-2-4-6-14/h2-11,21H,1H3,(H,23,25)/b13-11+. The van der Waals surface area contributed by atoms with Gasteiger partial charge in [-0.15, -0.1) is 0 Å². The molecule has 3 aromatic rings. The van der Waals surface area contributed by atoms with Gasteiger partial charge in [0.05, 0.1) is 17.3 Å². The monoisotopic (exact) mass is 377 g/mol. The van der Waals surface area contributed by atoms with E-state index < -0.39 is 0 Å². The second kappa shape index (κ2) is 7.05. The molecule has 1 aromatic heterocycles. The lowest BCUT2D eigenvalue weighted by Gasteiger charge is -2.07. The molecule has 134 valence electrons. The van der Waals surface area contributed by atoms with Gasteiger partial charge in [0, 0.05) is 16.5 Å². The summed E-state index contributed by atoms with van der Waals surface area (Å²) in [4.78, 5) is 31.6. The number of rotatable bonds is 4. The predicted molar refractivity (Wildman–Crippen MR) is 106 cm³/mol. The molecule has 0 radical (unpaired) electrons. The fourth-order valence-electron chi connectivity index (χ4n) is 2.73. The van der Waals surface area contributed by atoms with Crippen molar-refractivity contribution in [3.8, 4) is 5.75 Å². The molecule has 6 nitrogen and oxygen atoms in total. The summed E-state index contributed by atoms with van der Waals surface area (Å²) in [6.07, 6.45) is 3.42. The highest BCUT2D eigenvalue weighted by Gasteiger charge is 2.14. The van der Waals surface area contributed by atoms with E-state index in [1.165, 1.54) is 0 Å². The Kier molecular flexibility index (Phi) is 4.43. The number of aromatic amines is 1. The second-order valence-electron chi connectivity index (χ2n) is 5.83. The van der Waals surface area contributed by atoms with E-state index in [-0.39, 0.29) is 10.8 Å². The van der Waals surface area contributed by atoms with Crippen molar-refractivity contribution in [2.24, 2.45) is 4.99 Å². The number of carbonyl (C=O) groups is 1. The Morgan fingerprint density at radius 2 is 1.96 bits per heavy atom. The Balaban J connectivity index is 1.76. The third-order valence-electron chi connectivity index (χ3n) is 4.02. The van der Waals surface area contributed by atoms with Crippen LogP contribution in [0, 0.1) is 0 Å². The normalized spacial score (nSPS) is 14.3. The van der Waals surface area contributed by atoms with E-state index in [1.54, 1.807) is 31.4 Å². The van der Waals surface area contributed by atoms with E-state index in [0.717, 1.165) is 22.2 Å². The van der Waals surface area contributed by atoms with Crippen molar-refractivity contribution in [2.45, 2.75) is 0 Å². The van der Waals surface area contributed by atoms with Crippen LogP contribution in [0.25, 0.3) is 12.2 Å². The van der Waals surface area contributed by atoms with E-state index >= 15 is 0 Å². The first-order valence-corrected chi connectivity index (χ1v) is 9.00. The molecule has 2 aromatic carbocycles. The molecular weight excluding hydrogens is 362 g/mol. The lowest BCUT2D eigenvalue weighted by Crippen LogP contribution is -2.30. The molecule has 0 saturated carbocycles. The average molecular weight is 377 g/mol. The maximum absolute atomic E-state index is 12.4. The highest BCUT2D eigenvalue weighted by Crippen LogP contribution is 2.24. The van der Waals surface area contributed by atoms with E-state index in [1.807, 2.05) is 36.4 Å². The van der Waals surface area contributed by atoms with Gasteiger partial charge in [0.2, 0.25) is 0 Å². The zero-order valence-electron chi connectivity index (χ0n) is 14.4. The minimum atomic E-state index is -0.348. The minimum Gasteiger partial charge on any atom is -0.497 e. The fourth-order valence-corrected chi connectivity index (χ4v) is 3.47. The summed E-state index contributed by atoms with van der Waals surface area (Å²) >= 11 is 1.03. The van der Waals surface area contributed by atoms with Crippen LogP contribution >= 0.6 is 11.3 Å². The minimum absolute atomic E-state index is 0.206. The van der Waals surface area contributed by atoms with E-state index in [2.05, 4.69) is 15.3 Å². The summed E-state index contributed by atoms with van der Waals surface area (Å²) in [6, 6.07) is 14.8. The number of thiazole rings is 1. The lowest BCUT2D eigenvalue weighted by atomic mass is 10.1. The summed E-state index contributed by atoms with van der Waals surface area (Å²) in [7, 11) is 1.59. The average Bonchev–Trinajstić information content (AvgIpc) is 3.01. The van der Waals surface area contributed by atoms with E-state index in [0.29, 0.717) is 27.4 Å². The predicted octanol–water partition coefficient (Wildman–Crippen LogP) is 2.21. The van der Waals surface area contributed by atoms with Gasteiger partial charge >= 0.3 is 4.87 Å². The molecule has 0 unspecified atom stereocenters. The summed E-state index contributed by atoms with van der Waals surface area (Å²) in [5.74, 6) is 0.882. The number of hydrogen-bond donors (Lipinski definition) is 2. The first-order chi connectivity index (χ1) is 13.1. The molecular formula is C20H15N3O3S. The molecule has 1 aliphatic heterocycles. The van der Waals surface area contributed by atoms with Crippen LogP contribution in [-0.2, 0) is 4.79 Å². The van der Waals surface area contributed by atoms with Crippen molar-refractivity contribution in [1.82, 2.24) is 4.98 Å². The Labute approximate surface area is 158 Å². The van der Waals surface area contributed by atoms with Gasteiger partial charge in [0.15, 0.2) is 0 Å². The van der Waals surface area contributed by atoms with Crippen molar-refractivity contribution in [3.05, 3.63) is 79.2 Å². The van der Waals surface area contributed by atoms with Crippen molar-refractivity contribution in [1.29, 1.82) is 0 Å². The molecule has 0 saturated heterocycles. The van der Waals surface area contributed by atoms with Gasteiger partial charge in [-0.25, -0.2) is 4.99 Å². The van der Waals surface area contributed by atoms with Gasteiger partial charge in [0.25, 0.3) is 5.91 Å². The van der Waals surface area contributed by atoms with Gasteiger partial charge in [0.1, 0.15) is 11.6 Å². The molecule has 0 bridgehead atoms. The number of para-hydroxylation sites is 1. The van der Waals surface area contributed by atoms with Gasteiger partial charge in [-0.2, -0.15) is 0 Å². The molecule has 4 rings (SSSR count). The largest absolute Gasteiger partial charge is 0.497 e. The number of hydrogen-bond acceptors (Lipinski definition) is 5. The molecule has 7 heteroatoms. The summed E-state index contributed by atoms with van der Waals surface area (Å²) < 4.78 is 5.23. The topological polar surface area (TPSA) is 83.5 Å². The summed E-state index contributed by atoms with van der Waals surface area (Å²) in [5.41, 5.74) is 1.24. The molecule has 0 fully saturated rings. The first kappa shape index (κ1) is 17.0. The number of carbonyl (C=O) groups excluding carboxylic acids is 1. The second-order valence-corrected chi connectivity index (χ2v) is 6.85. The van der Waals surface area contributed by atoms with Crippen LogP contribution in [0.15, 0.2) is 63.9 Å². The number of benzene rings is 2. The number of amides is 1. The lowest BCUT2D eigenvalue weighted by molar-refractivity contribution is -0.114. The highest BCUT2D eigenvalue weighted by molar-refractivity contribution is 7.10. The Morgan fingerprint density at radius 1 is 1.15 bits per heavy atom. The third-order valence-corrected chi connectivity index (χ3v) is 4.85. The SMILES string of the molecule is COc1ccc2c(c1)=C/C(=C\c1sc(=O)[nH]c1Nc1ccccc1)C(=O)N=2. The Hall–Kier alpha value is -3.45. The van der Waals surface area contributed by atoms with Crippen LogP contribution in [0.2, 0.25) is 0 Å². The molecule has 2 N–H and O–H groups in total. The molecule has 0 atom stereocenters. The van der Waals surface area contributed by atoms with Crippen molar-refractivity contribution < 1.29 is 9.53 Å².